The highest BCUT2D eigenvalue weighted by molar-refractivity contribution is 5.80. The lowest BCUT2D eigenvalue weighted by Crippen LogP contribution is -2.39. The Bertz CT molecular complexity index is 282. The molecule has 0 spiro atoms. The molecule has 4 heteroatoms. The third kappa shape index (κ3) is 3.23. The van der Waals surface area contributed by atoms with E-state index < -0.39 is 0 Å². The molecule has 1 amide bonds. The summed E-state index contributed by atoms with van der Waals surface area (Å²) in [6.07, 6.45) is 0.739. The molecule has 0 aromatic carbocycles. The van der Waals surface area contributed by atoms with Gasteiger partial charge in [-0.2, -0.15) is 0 Å². The van der Waals surface area contributed by atoms with Crippen LogP contribution in [0.1, 0.15) is 27.2 Å². The number of likely N-dealkylation sites (tertiary alicyclic amines) is 1. The van der Waals surface area contributed by atoms with Crippen LogP contribution in [0.3, 0.4) is 0 Å². The van der Waals surface area contributed by atoms with Gasteiger partial charge >= 0.3 is 0 Å². The van der Waals surface area contributed by atoms with Gasteiger partial charge < -0.3 is 15.0 Å². The number of nitrogens with zero attached hydrogens (tertiary/aromatic N) is 1. The van der Waals surface area contributed by atoms with Gasteiger partial charge in [0.15, 0.2) is 0 Å². The van der Waals surface area contributed by atoms with Gasteiger partial charge in [-0.1, -0.05) is 13.8 Å². The van der Waals surface area contributed by atoms with Crippen LogP contribution >= 0.6 is 0 Å². The number of nitrogens with one attached hydrogen (secondary N) is 1. The average Bonchev–Trinajstić information content (AvgIpc) is 2.87. The predicted octanol–water partition coefficient (Wildman–Crippen LogP) is 1.12. The summed E-state index contributed by atoms with van der Waals surface area (Å²) < 4.78 is 5.64. The molecular formula is C14H26N2O2. The van der Waals surface area contributed by atoms with Gasteiger partial charge in [-0.3, -0.25) is 4.79 Å². The van der Waals surface area contributed by atoms with Crippen LogP contribution in [-0.2, 0) is 9.53 Å². The van der Waals surface area contributed by atoms with Crippen LogP contribution in [-0.4, -0.2) is 49.7 Å². The molecule has 0 aromatic heterocycles. The van der Waals surface area contributed by atoms with Crippen LogP contribution < -0.4 is 5.32 Å². The maximum Gasteiger partial charge on any atom is 0.251 e. The van der Waals surface area contributed by atoms with Gasteiger partial charge in [0.05, 0.1) is 0 Å². The summed E-state index contributed by atoms with van der Waals surface area (Å²) in [6, 6.07) is 0. The summed E-state index contributed by atoms with van der Waals surface area (Å²) in [5.74, 6) is 2.13. The topological polar surface area (TPSA) is 41.6 Å². The Morgan fingerprint density at radius 1 is 1.28 bits per heavy atom. The van der Waals surface area contributed by atoms with E-state index in [4.69, 9.17) is 4.74 Å². The number of fused-ring (bicyclic) bond motifs is 1. The van der Waals surface area contributed by atoms with Crippen molar-refractivity contribution in [3.8, 4) is 0 Å². The fraction of sp³-hybridized carbons (Fsp3) is 0.929. The molecule has 2 saturated heterocycles. The van der Waals surface area contributed by atoms with Crippen LogP contribution in [0.15, 0.2) is 0 Å². The van der Waals surface area contributed by atoms with Crippen molar-refractivity contribution in [3.63, 3.8) is 0 Å². The van der Waals surface area contributed by atoms with E-state index in [0.29, 0.717) is 24.4 Å². The maximum atomic E-state index is 12.2. The molecule has 104 valence electrons. The fourth-order valence-corrected chi connectivity index (χ4v) is 2.84. The Balaban J connectivity index is 1.74. The molecule has 0 bridgehead atoms. The van der Waals surface area contributed by atoms with E-state index in [1.165, 1.54) is 0 Å². The first-order valence-electron chi connectivity index (χ1n) is 7.19. The van der Waals surface area contributed by atoms with Gasteiger partial charge in [-0.15, -0.1) is 0 Å². The first kappa shape index (κ1) is 13.8. The van der Waals surface area contributed by atoms with E-state index in [-0.39, 0.29) is 12.0 Å². The molecule has 0 aromatic rings. The van der Waals surface area contributed by atoms with Crippen LogP contribution in [0.4, 0.5) is 0 Å². The monoisotopic (exact) mass is 254 g/mol. The van der Waals surface area contributed by atoms with Gasteiger partial charge in [0.2, 0.25) is 0 Å². The van der Waals surface area contributed by atoms with Crippen molar-refractivity contribution in [2.45, 2.75) is 33.3 Å². The summed E-state index contributed by atoms with van der Waals surface area (Å²) in [5.41, 5.74) is 0. The number of carbonyl (C=O) groups is 1. The second-order valence-electron chi connectivity index (χ2n) is 6.12. The van der Waals surface area contributed by atoms with Gasteiger partial charge in [0, 0.05) is 32.8 Å². The molecule has 4 nitrogen and oxygen atoms in total. The number of hydrogen-bond donors (Lipinski definition) is 1. The largest absolute Gasteiger partial charge is 0.369 e. The minimum Gasteiger partial charge on any atom is -0.369 e. The fourth-order valence-electron chi connectivity index (χ4n) is 2.84. The zero-order valence-corrected chi connectivity index (χ0v) is 11.8. The SMILES string of the molecule is CC(C)CCOC(C)C(=O)N1C[C@H]2CNC[C@H]2C1. The number of ether oxygens (including phenoxy) is 1. The molecule has 2 aliphatic heterocycles. The molecule has 1 N–H and O–H groups in total. The van der Waals surface area contributed by atoms with Crippen LogP contribution in [0.2, 0.25) is 0 Å². The summed E-state index contributed by atoms with van der Waals surface area (Å²) in [4.78, 5) is 14.2. The summed E-state index contributed by atoms with van der Waals surface area (Å²) in [5, 5.41) is 3.39. The lowest BCUT2D eigenvalue weighted by molar-refractivity contribution is -0.142. The van der Waals surface area contributed by atoms with Gasteiger partial charge in [0.25, 0.3) is 5.91 Å². The van der Waals surface area contributed by atoms with Crippen LogP contribution in [0.25, 0.3) is 0 Å². The number of amides is 1. The maximum absolute atomic E-state index is 12.2. The highest BCUT2D eigenvalue weighted by Gasteiger charge is 2.39. The van der Waals surface area contributed by atoms with E-state index in [0.717, 1.165) is 32.6 Å². The Morgan fingerprint density at radius 3 is 2.44 bits per heavy atom. The lowest BCUT2D eigenvalue weighted by Gasteiger charge is -2.22. The van der Waals surface area contributed by atoms with E-state index >= 15 is 0 Å². The second-order valence-corrected chi connectivity index (χ2v) is 6.12. The first-order chi connectivity index (χ1) is 8.58. The molecule has 2 fully saturated rings. The average molecular weight is 254 g/mol. The minimum absolute atomic E-state index is 0.174. The highest BCUT2D eigenvalue weighted by Crippen LogP contribution is 2.26. The molecule has 1 unspecified atom stereocenters. The number of rotatable bonds is 5. The molecule has 0 aliphatic carbocycles. The van der Waals surface area contributed by atoms with Gasteiger partial charge in [-0.25, -0.2) is 0 Å². The van der Waals surface area contributed by atoms with Crippen molar-refractivity contribution >= 4 is 5.91 Å². The van der Waals surface area contributed by atoms with E-state index in [1.54, 1.807) is 0 Å². The standard InChI is InChI=1S/C14H26N2O2/c1-10(2)4-5-18-11(3)14(17)16-8-12-6-15-7-13(12)9-16/h10-13,15H,4-9H2,1-3H3/t11?,12-,13+. The zero-order chi connectivity index (χ0) is 13.1. The van der Waals surface area contributed by atoms with Crippen molar-refractivity contribution in [2.24, 2.45) is 17.8 Å². The number of hydrogen-bond acceptors (Lipinski definition) is 3. The molecule has 18 heavy (non-hydrogen) atoms. The molecule has 0 radical (unpaired) electrons. The van der Waals surface area contributed by atoms with Crippen LogP contribution in [0.5, 0.6) is 0 Å². The van der Waals surface area contributed by atoms with Gasteiger partial charge in [0.1, 0.15) is 6.10 Å². The minimum atomic E-state index is -0.282. The van der Waals surface area contributed by atoms with Crippen molar-refractivity contribution in [2.75, 3.05) is 32.8 Å². The van der Waals surface area contributed by atoms with Crippen LogP contribution in [0, 0.1) is 17.8 Å². The smallest absolute Gasteiger partial charge is 0.251 e. The lowest BCUT2D eigenvalue weighted by atomic mass is 10.0. The Hall–Kier alpha value is -0.610. The van der Waals surface area contributed by atoms with E-state index in [9.17, 15) is 4.79 Å². The summed E-state index contributed by atoms with van der Waals surface area (Å²) in [6.45, 7) is 10.9. The second kappa shape index (κ2) is 6.02. The molecular weight excluding hydrogens is 228 g/mol. The Labute approximate surface area is 110 Å². The molecule has 2 aliphatic rings. The van der Waals surface area contributed by atoms with Crippen molar-refractivity contribution in [1.29, 1.82) is 0 Å². The predicted molar refractivity (Wildman–Crippen MR) is 71.3 cm³/mol. The van der Waals surface area contributed by atoms with Crippen molar-refractivity contribution in [1.82, 2.24) is 10.2 Å². The van der Waals surface area contributed by atoms with E-state index in [1.807, 2.05) is 11.8 Å². The zero-order valence-electron chi connectivity index (χ0n) is 11.8. The third-order valence-corrected chi connectivity index (χ3v) is 4.11. The van der Waals surface area contributed by atoms with Crippen molar-refractivity contribution < 1.29 is 9.53 Å². The molecule has 3 atom stereocenters. The molecule has 0 saturated carbocycles. The number of carbonyl (C=O) groups excluding carboxylic acids is 1. The normalized spacial score (nSPS) is 28.8. The quantitative estimate of drug-likeness (QED) is 0.799. The molecule has 2 rings (SSSR count). The van der Waals surface area contributed by atoms with E-state index in [2.05, 4.69) is 19.2 Å². The summed E-state index contributed by atoms with van der Waals surface area (Å²) >= 11 is 0. The first-order valence-corrected chi connectivity index (χ1v) is 7.19. The highest BCUT2D eigenvalue weighted by atomic mass is 16.5. The summed E-state index contributed by atoms with van der Waals surface area (Å²) in [7, 11) is 0. The van der Waals surface area contributed by atoms with Gasteiger partial charge in [-0.05, 0) is 31.1 Å². The third-order valence-electron chi connectivity index (χ3n) is 4.11. The molecule has 2 heterocycles. The Morgan fingerprint density at radius 2 is 1.89 bits per heavy atom. The Kier molecular flexibility index (Phi) is 4.62. The van der Waals surface area contributed by atoms with Crippen molar-refractivity contribution in [3.05, 3.63) is 0 Å².